The Kier molecular flexibility index (Phi) is 5.92. The Labute approximate surface area is 124 Å². The van der Waals surface area contributed by atoms with E-state index in [9.17, 15) is 14.3 Å². The van der Waals surface area contributed by atoms with Gasteiger partial charge in [0.2, 0.25) is 0 Å². The first-order valence-electron chi connectivity index (χ1n) is 6.27. The molecule has 1 aromatic carbocycles. The Balaban J connectivity index is 2.59. The van der Waals surface area contributed by atoms with E-state index in [-0.39, 0.29) is 12.4 Å². The molecule has 1 unspecified atom stereocenters. The van der Waals surface area contributed by atoms with Crippen molar-refractivity contribution in [2.75, 3.05) is 41.4 Å². The molecule has 1 aromatic rings. The molecule has 118 valence electrons. The average Bonchev–Trinajstić information content (AvgIpc) is 2.36. The van der Waals surface area contributed by atoms with Gasteiger partial charge in [-0.15, -0.1) is 0 Å². The molecule has 1 atom stereocenters. The van der Waals surface area contributed by atoms with Crippen molar-refractivity contribution in [2.45, 2.75) is 0 Å². The lowest BCUT2D eigenvalue weighted by molar-refractivity contribution is -0.870. The van der Waals surface area contributed by atoms with Gasteiger partial charge in [-0.25, -0.2) is 4.79 Å². The number of hydrogen-bond donors (Lipinski definition) is 0. The number of carbonyl (C=O) groups excluding carboxylic acids is 1. The van der Waals surface area contributed by atoms with E-state index in [0.717, 1.165) is 0 Å². The predicted molar refractivity (Wildman–Crippen MR) is 74.9 cm³/mol. The number of quaternary nitrogens is 1. The summed E-state index contributed by atoms with van der Waals surface area (Å²) >= 11 is 0. The highest BCUT2D eigenvalue weighted by Gasteiger charge is 2.15. The molecule has 0 aromatic heterocycles. The molecule has 0 heterocycles. The number of hydrogen-bond acceptors (Lipinski definition) is 6. The van der Waals surface area contributed by atoms with E-state index in [4.69, 9.17) is 9.05 Å². The van der Waals surface area contributed by atoms with Crippen molar-refractivity contribution in [2.24, 2.45) is 0 Å². The minimum absolute atomic E-state index is 0.0323. The summed E-state index contributed by atoms with van der Waals surface area (Å²) in [7, 11) is 2.61. The Morgan fingerprint density at radius 2 is 1.81 bits per heavy atom. The van der Waals surface area contributed by atoms with Gasteiger partial charge < -0.3 is 23.2 Å². The molecule has 0 fully saturated rings. The van der Waals surface area contributed by atoms with Gasteiger partial charge in [0.1, 0.15) is 18.9 Å². The number of phosphoric acid groups is 1. The topological polar surface area (TPSA) is 84.9 Å². The van der Waals surface area contributed by atoms with Gasteiger partial charge >= 0.3 is 13.8 Å². The second-order valence-electron chi connectivity index (χ2n) is 5.40. The maximum absolute atomic E-state index is 11.6. The molecule has 0 saturated carbocycles. The molecule has 0 radical (unpaired) electrons. The third-order valence-electron chi connectivity index (χ3n) is 2.50. The van der Waals surface area contributed by atoms with Crippen LogP contribution in [0.3, 0.4) is 0 Å². The monoisotopic (exact) mass is 317 g/mol. The first kappa shape index (κ1) is 17.7. The second kappa shape index (κ2) is 7.04. The second-order valence-corrected chi connectivity index (χ2v) is 6.74. The summed E-state index contributed by atoms with van der Waals surface area (Å²) in [6, 6.07) is 5.54. The van der Waals surface area contributed by atoms with E-state index < -0.39 is 13.8 Å². The molecule has 7 nitrogen and oxygen atoms in total. The van der Waals surface area contributed by atoms with E-state index in [1.54, 1.807) is 0 Å². The standard InChI is InChI=1S/C13H20NO6P/c1-14(2,3)9-10-19-21(16,17)20-12-7-5-11(6-8-12)13(15)18-4/h5-8H,9-10H2,1-4H3. The van der Waals surface area contributed by atoms with Crippen LogP contribution in [-0.4, -0.2) is 51.9 Å². The highest BCUT2D eigenvalue weighted by molar-refractivity contribution is 7.46. The summed E-state index contributed by atoms with van der Waals surface area (Å²) in [5, 5.41) is 0. The van der Waals surface area contributed by atoms with Gasteiger partial charge in [-0.1, -0.05) is 0 Å². The third kappa shape index (κ3) is 6.73. The normalized spacial score (nSPS) is 14.3. The zero-order valence-electron chi connectivity index (χ0n) is 12.6. The van der Waals surface area contributed by atoms with E-state index in [1.165, 1.54) is 31.4 Å². The van der Waals surface area contributed by atoms with Gasteiger partial charge in [0.25, 0.3) is 0 Å². The smallest absolute Gasteiger partial charge is 0.337 e. The van der Waals surface area contributed by atoms with Gasteiger partial charge in [-0.05, 0) is 24.3 Å². The number of benzene rings is 1. The van der Waals surface area contributed by atoms with Crippen molar-refractivity contribution in [1.29, 1.82) is 0 Å². The highest BCUT2D eigenvalue weighted by Crippen LogP contribution is 2.39. The van der Waals surface area contributed by atoms with Gasteiger partial charge in [0.05, 0.1) is 33.8 Å². The predicted octanol–water partition coefficient (Wildman–Crippen LogP) is 1.04. The lowest BCUT2D eigenvalue weighted by Gasteiger charge is -2.27. The summed E-state index contributed by atoms with van der Waals surface area (Å²) in [4.78, 5) is 22.9. The van der Waals surface area contributed by atoms with Crippen molar-refractivity contribution in [3.05, 3.63) is 29.8 Å². The van der Waals surface area contributed by atoms with Crippen LogP contribution < -0.4 is 9.42 Å². The number of nitrogens with zero attached hydrogens (tertiary/aromatic N) is 1. The third-order valence-corrected chi connectivity index (χ3v) is 3.44. The average molecular weight is 317 g/mol. The molecule has 0 saturated heterocycles. The van der Waals surface area contributed by atoms with Gasteiger partial charge in [-0.3, -0.25) is 4.57 Å². The fourth-order valence-electron chi connectivity index (χ4n) is 1.35. The Morgan fingerprint density at radius 3 is 2.29 bits per heavy atom. The van der Waals surface area contributed by atoms with Crippen molar-refractivity contribution >= 4 is 13.8 Å². The summed E-state index contributed by atoms with van der Waals surface area (Å²) in [6.07, 6.45) is 0. The molecule has 0 aliphatic carbocycles. The van der Waals surface area contributed by atoms with Crippen LogP contribution in [0.4, 0.5) is 0 Å². The molecular weight excluding hydrogens is 297 g/mol. The van der Waals surface area contributed by atoms with Crippen molar-refractivity contribution in [3.8, 4) is 5.75 Å². The lowest BCUT2D eigenvalue weighted by atomic mass is 10.2. The van der Waals surface area contributed by atoms with E-state index >= 15 is 0 Å². The number of likely N-dealkylation sites (N-methyl/N-ethyl adjacent to an activating group) is 1. The number of rotatable bonds is 7. The van der Waals surface area contributed by atoms with E-state index in [2.05, 4.69) is 4.74 Å². The Morgan fingerprint density at radius 1 is 1.24 bits per heavy atom. The molecule has 0 aliphatic rings. The van der Waals surface area contributed by atoms with Crippen molar-refractivity contribution < 1.29 is 32.5 Å². The first-order chi connectivity index (χ1) is 9.63. The quantitative estimate of drug-likeness (QED) is 0.424. The molecular formula is C13H20NO6P. The summed E-state index contributed by atoms with van der Waals surface area (Å²) in [6.45, 7) is 0.557. The van der Waals surface area contributed by atoms with Crippen molar-refractivity contribution in [3.63, 3.8) is 0 Å². The van der Waals surface area contributed by atoms with Crippen LogP contribution in [0.1, 0.15) is 10.4 Å². The van der Waals surface area contributed by atoms with Crippen LogP contribution in [0.2, 0.25) is 0 Å². The molecule has 0 bridgehead atoms. The van der Waals surface area contributed by atoms with E-state index in [1.807, 2.05) is 21.1 Å². The van der Waals surface area contributed by atoms with E-state index in [0.29, 0.717) is 16.6 Å². The molecule has 0 aliphatic heterocycles. The molecule has 0 spiro atoms. The number of phosphoric ester groups is 1. The molecule has 0 amide bonds. The van der Waals surface area contributed by atoms with Crippen LogP contribution in [0.15, 0.2) is 24.3 Å². The minimum atomic E-state index is -4.42. The van der Waals surface area contributed by atoms with Crippen LogP contribution in [0.25, 0.3) is 0 Å². The zero-order valence-corrected chi connectivity index (χ0v) is 13.5. The first-order valence-corrected chi connectivity index (χ1v) is 7.73. The molecule has 0 N–H and O–H groups in total. The van der Waals surface area contributed by atoms with Crippen molar-refractivity contribution in [1.82, 2.24) is 0 Å². The number of carbonyl (C=O) groups is 1. The number of methoxy groups -OCH3 is 1. The fraction of sp³-hybridized carbons (Fsp3) is 0.462. The Hall–Kier alpha value is -1.40. The molecule has 8 heteroatoms. The number of ether oxygens (including phenoxy) is 1. The summed E-state index contributed by atoms with van der Waals surface area (Å²) in [5.41, 5.74) is 0.302. The maximum Gasteiger partial charge on any atom is 0.337 e. The lowest BCUT2D eigenvalue weighted by Crippen LogP contribution is -2.37. The van der Waals surface area contributed by atoms with Gasteiger partial charge in [-0.2, -0.15) is 0 Å². The zero-order chi connectivity index (χ0) is 16.1. The van der Waals surface area contributed by atoms with Crippen LogP contribution in [-0.2, 0) is 13.8 Å². The van der Waals surface area contributed by atoms with Gasteiger partial charge in [0.15, 0.2) is 0 Å². The minimum Gasteiger partial charge on any atom is -0.746 e. The van der Waals surface area contributed by atoms with Gasteiger partial charge in [0, 0.05) is 0 Å². The number of esters is 1. The summed E-state index contributed by atoms with van der Waals surface area (Å²) < 4.78 is 26.3. The van der Waals surface area contributed by atoms with Crippen LogP contribution in [0.5, 0.6) is 5.75 Å². The maximum atomic E-state index is 11.6. The fourth-order valence-corrected chi connectivity index (χ4v) is 2.09. The molecule has 21 heavy (non-hydrogen) atoms. The summed E-state index contributed by atoms with van der Waals surface area (Å²) in [5.74, 6) is -0.433. The largest absolute Gasteiger partial charge is 0.746 e. The highest BCUT2D eigenvalue weighted by atomic mass is 31.2. The van der Waals surface area contributed by atoms with Crippen LogP contribution >= 0.6 is 7.82 Å². The Bertz CT molecular complexity index is 522. The van der Waals surface area contributed by atoms with Crippen LogP contribution in [0, 0.1) is 0 Å². The SMILES string of the molecule is COC(=O)c1ccc(OP(=O)([O-])OCC[N+](C)(C)C)cc1. The molecule has 1 rings (SSSR count).